The number of carbonyl (C=O) groups is 1. The number of benzene rings is 2. The van der Waals surface area contributed by atoms with Crippen LogP contribution in [0.25, 0.3) is 0 Å². The van der Waals surface area contributed by atoms with Crippen LogP contribution in [0.4, 0.5) is 13.2 Å². The van der Waals surface area contributed by atoms with Gasteiger partial charge in [0.1, 0.15) is 0 Å². The number of nitrogens with zero attached hydrogens (tertiary/aromatic N) is 2. The Morgan fingerprint density at radius 1 is 0.931 bits per heavy atom. The van der Waals surface area contributed by atoms with Crippen molar-refractivity contribution < 1.29 is 26.4 Å². The lowest BCUT2D eigenvalue weighted by Gasteiger charge is -2.34. The fourth-order valence-electron chi connectivity index (χ4n) is 2.87. The van der Waals surface area contributed by atoms with Crippen molar-refractivity contribution in [3.63, 3.8) is 0 Å². The molecule has 0 N–H and O–H groups in total. The molecule has 5 nitrogen and oxygen atoms in total. The minimum atomic E-state index is -4.39. The summed E-state index contributed by atoms with van der Waals surface area (Å²) in [5.41, 5.74) is -4.14. The highest BCUT2D eigenvalue weighted by Crippen LogP contribution is 2.36. The molecule has 2 aromatic rings. The summed E-state index contributed by atoms with van der Waals surface area (Å²) >= 11 is 5.54. The van der Waals surface area contributed by atoms with E-state index < -0.39 is 15.5 Å². The summed E-state index contributed by atoms with van der Waals surface area (Å²) < 4.78 is 63.8. The first-order valence-corrected chi connectivity index (χ1v) is 11.1. The minimum Gasteiger partial charge on any atom is -0.336 e. The highest BCUT2D eigenvalue weighted by molar-refractivity contribution is 8.00. The molecule has 29 heavy (non-hydrogen) atoms. The second-order valence-electron chi connectivity index (χ2n) is 6.22. The van der Waals surface area contributed by atoms with Crippen LogP contribution in [-0.2, 0) is 10.0 Å². The average Bonchev–Trinajstić information content (AvgIpc) is 2.67. The second-order valence-corrected chi connectivity index (χ2v) is 9.74. The van der Waals surface area contributed by atoms with Gasteiger partial charge in [0.05, 0.1) is 4.90 Å². The Kier molecular flexibility index (Phi) is 6.47. The van der Waals surface area contributed by atoms with E-state index >= 15 is 0 Å². The average molecular weight is 465 g/mol. The molecule has 2 aromatic carbocycles. The van der Waals surface area contributed by atoms with Gasteiger partial charge in [0.25, 0.3) is 5.91 Å². The van der Waals surface area contributed by atoms with Gasteiger partial charge in [-0.2, -0.15) is 17.5 Å². The number of piperazine rings is 1. The summed E-state index contributed by atoms with van der Waals surface area (Å²) in [6.07, 6.45) is 0. The third kappa shape index (κ3) is 5.44. The molecule has 0 bridgehead atoms. The van der Waals surface area contributed by atoms with Crippen LogP contribution in [0.1, 0.15) is 10.4 Å². The molecule has 1 aliphatic rings. The maximum atomic E-state index is 12.7. The zero-order chi connectivity index (χ0) is 21.2. The third-order valence-electron chi connectivity index (χ3n) is 4.31. The van der Waals surface area contributed by atoms with Gasteiger partial charge in [-0.05, 0) is 60.3 Å². The van der Waals surface area contributed by atoms with Gasteiger partial charge in [-0.15, -0.1) is 0 Å². The Labute approximate surface area is 175 Å². The topological polar surface area (TPSA) is 57.7 Å². The van der Waals surface area contributed by atoms with Crippen molar-refractivity contribution in [1.29, 1.82) is 0 Å². The zero-order valence-corrected chi connectivity index (χ0v) is 17.3. The number of hydrogen-bond acceptors (Lipinski definition) is 4. The number of thioether (sulfide) groups is 1. The lowest BCUT2D eigenvalue weighted by molar-refractivity contribution is -0.0328. The van der Waals surface area contributed by atoms with E-state index in [-0.39, 0.29) is 59.2 Å². The Bertz CT molecular complexity index is 973. The lowest BCUT2D eigenvalue weighted by Crippen LogP contribution is -2.50. The van der Waals surface area contributed by atoms with Crippen LogP contribution >= 0.6 is 23.4 Å². The molecule has 0 atom stereocenters. The molecule has 0 saturated carbocycles. The maximum absolute atomic E-state index is 12.7. The first-order valence-electron chi connectivity index (χ1n) is 8.47. The summed E-state index contributed by atoms with van der Waals surface area (Å²) in [5, 5.41) is 0.430. The molecule has 1 aliphatic heterocycles. The van der Waals surface area contributed by atoms with E-state index in [1.165, 1.54) is 57.7 Å². The molecule has 11 heteroatoms. The van der Waals surface area contributed by atoms with Gasteiger partial charge in [-0.25, -0.2) is 8.42 Å². The molecule has 0 aliphatic carbocycles. The normalized spacial score (nSPS) is 16.1. The minimum absolute atomic E-state index is 0.00655. The Balaban J connectivity index is 1.63. The molecule has 1 amide bonds. The maximum Gasteiger partial charge on any atom is 0.446 e. The SMILES string of the molecule is O=C(c1ccc(SC(F)(F)F)cc1)N1CCN(S(=O)(=O)c2ccc(Cl)cc2)CC1. The lowest BCUT2D eigenvalue weighted by atomic mass is 10.2. The molecule has 1 heterocycles. The van der Waals surface area contributed by atoms with E-state index in [9.17, 15) is 26.4 Å². The molecule has 1 fully saturated rings. The molecular formula is C18H16ClF3N2O3S2. The van der Waals surface area contributed by atoms with E-state index in [2.05, 4.69) is 0 Å². The van der Waals surface area contributed by atoms with Crippen molar-refractivity contribution in [1.82, 2.24) is 9.21 Å². The van der Waals surface area contributed by atoms with Crippen molar-refractivity contribution in [2.45, 2.75) is 15.3 Å². The van der Waals surface area contributed by atoms with E-state index in [4.69, 9.17) is 11.6 Å². The standard InChI is InChI=1S/C18H16ClF3N2O3S2/c19-14-3-7-16(8-4-14)29(26,27)24-11-9-23(10-12-24)17(25)13-1-5-15(6-2-13)28-18(20,21)22/h1-8H,9-12H2. The molecule has 0 spiro atoms. The second kappa shape index (κ2) is 8.55. The predicted molar refractivity (Wildman–Crippen MR) is 104 cm³/mol. The number of amides is 1. The molecular weight excluding hydrogens is 449 g/mol. The van der Waals surface area contributed by atoms with Crippen molar-refractivity contribution >= 4 is 39.3 Å². The van der Waals surface area contributed by atoms with Gasteiger partial charge in [0.2, 0.25) is 10.0 Å². The van der Waals surface area contributed by atoms with Gasteiger partial charge < -0.3 is 4.90 Å². The molecule has 0 radical (unpaired) electrons. The Morgan fingerprint density at radius 3 is 2.00 bits per heavy atom. The van der Waals surface area contributed by atoms with Crippen LogP contribution < -0.4 is 0 Å². The molecule has 0 unspecified atom stereocenters. The Hall–Kier alpha value is -1.75. The molecule has 156 valence electrons. The van der Waals surface area contributed by atoms with E-state index in [0.717, 1.165) is 0 Å². The summed E-state index contributed by atoms with van der Waals surface area (Å²) in [6.45, 7) is 0.618. The Morgan fingerprint density at radius 2 is 1.48 bits per heavy atom. The van der Waals surface area contributed by atoms with E-state index in [1.54, 1.807) is 0 Å². The summed E-state index contributed by atoms with van der Waals surface area (Å²) in [6, 6.07) is 11.0. The molecule has 0 aromatic heterocycles. The highest BCUT2D eigenvalue weighted by atomic mass is 35.5. The number of carbonyl (C=O) groups excluding carboxylic acids is 1. The number of halogens is 4. The molecule has 1 saturated heterocycles. The van der Waals surface area contributed by atoms with Gasteiger partial charge in [-0.3, -0.25) is 4.79 Å². The largest absolute Gasteiger partial charge is 0.446 e. The van der Waals surface area contributed by atoms with Crippen LogP contribution in [0.5, 0.6) is 0 Å². The van der Waals surface area contributed by atoms with Gasteiger partial charge >= 0.3 is 5.51 Å². The third-order valence-corrected chi connectivity index (χ3v) is 7.22. The first kappa shape index (κ1) is 21.9. The monoisotopic (exact) mass is 464 g/mol. The van der Waals surface area contributed by atoms with Crippen molar-refractivity contribution in [2.75, 3.05) is 26.2 Å². The first-order chi connectivity index (χ1) is 13.6. The summed E-state index contributed by atoms with van der Waals surface area (Å²) in [7, 11) is -3.69. The van der Waals surface area contributed by atoms with E-state index in [1.807, 2.05) is 0 Å². The summed E-state index contributed by atoms with van der Waals surface area (Å²) in [4.78, 5) is 14.2. The fourth-order valence-corrected chi connectivity index (χ4v) is 4.96. The number of rotatable bonds is 4. The molecule has 3 rings (SSSR count). The van der Waals surface area contributed by atoms with Crippen LogP contribution in [-0.4, -0.2) is 55.2 Å². The fraction of sp³-hybridized carbons (Fsp3) is 0.278. The summed E-state index contributed by atoms with van der Waals surface area (Å²) in [5.74, 6) is -0.350. The van der Waals surface area contributed by atoms with Gasteiger partial charge in [0, 0.05) is 41.7 Å². The predicted octanol–water partition coefficient (Wildman–Crippen LogP) is 4.10. The van der Waals surface area contributed by atoms with Crippen LogP contribution in [0, 0.1) is 0 Å². The van der Waals surface area contributed by atoms with Crippen molar-refractivity contribution in [3.8, 4) is 0 Å². The zero-order valence-electron chi connectivity index (χ0n) is 14.9. The van der Waals surface area contributed by atoms with Gasteiger partial charge in [-0.1, -0.05) is 11.6 Å². The van der Waals surface area contributed by atoms with Crippen LogP contribution in [0.15, 0.2) is 58.3 Å². The quantitative estimate of drug-likeness (QED) is 0.639. The van der Waals surface area contributed by atoms with E-state index in [0.29, 0.717) is 5.02 Å². The van der Waals surface area contributed by atoms with Crippen LogP contribution in [0.3, 0.4) is 0 Å². The number of hydrogen-bond donors (Lipinski definition) is 0. The number of alkyl halides is 3. The smallest absolute Gasteiger partial charge is 0.336 e. The van der Waals surface area contributed by atoms with Gasteiger partial charge in [0.15, 0.2) is 0 Å². The van der Waals surface area contributed by atoms with Crippen LogP contribution in [0.2, 0.25) is 5.02 Å². The number of sulfonamides is 1. The van der Waals surface area contributed by atoms with Crippen molar-refractivity contribution in [2.24, 2.45) is 0 Å². The van der Waals surface area contributed by atoms with Crippen molar-refractivity contribution in [3.05, 3.63) is 59.1 Å². The highest BCUT2D eigenvalue weighted by Gasteiger charge is 2.31.